The van der Waals surface area contributed by atoms with Gasteiger partial charge in [-0.3, -0.25) is 0 Å². The Hall–Kier alpha value is -2.33. The van der Waals surface area contributed by atoms with E-state index in [1.54, 1.807) is 37.3 Å². The molecule has 0 aliphatic heterocycles. The summed E-state index contributed by atoms with van der Waals surface area (Å²) in [4.78, 5) is 22.7. The highest BCUT2D eigenvalue weighted by Gasteiger charge is 2.14. The van der Waals surface area contributed by atoms with Gasteiger partial charge in [-0.25, -0.2) is 9.59 Å². The van der Waals surface area contributed by atoms with Crippen molar-refractivity contribution < 1.29 is 19.4 Å². The highest BCUT2D eigenvalue weighted by Crippen LogP contribution is 2.29. The van der Waals surface area contributed by atoms with Gasteiger partial charge in [-0.05, 0) is 41.8 Å². The number of esters is 1. The lowest BCUT2D eigenvalue weighted by molar-refractivity contribution is 0.0600. The summed E-state index contributed by atoms with van der Waals surface area (Å²) < 4.78 is 4.64. The van der Waals surface area contributed by atoms with Crippen molar-refractivity contribution in [2.24, 2.45) is 0 Å². The van der Waals surface area contributed by atoms with Crippen LogP contribution in [0, 0.1) is 6.92 Å². The Morgan fingerprint density at radius 2 is 1.86 bits per heavy atom. The molecule has 0 saturated heterocycles. The summed E-state index contributed by atoms with van der Waals surface area (Å²) in [7, 11) is 1.28. The molecule has 0 unspecified atom stereocenters. The lowest BCUT2D eigenvalue weighted by atomic mass is 9.96. The lowest BCUT2D eigenvalue weighted by Gasteiger charge is -2.10. The summed E-state index contributed by atoms with van der Waals surface area (Å²) >= 11 is 6.09. The third-order valence-corrected chi connectivity index (χ3v) is 3.56. The Balaban J connectivity index is 2.54. The molecule has 4 nitrogen and oxygen atoms in total. The predicted octanol–water partition coefficient (Wildman–Crippen LogP) is 3.80. The predicted molar refractivity (Wildman–Crippen MR) is 79.9 cm³/mol. The van der Waals surface area contributed by atoms with E-state index in [2.05, 4.69) is 4.74 Å². The normalized spacial score (nSPS) is 10.2. The van der Waals surface area contributed by atoms with Crippen LogP contribution < -0.4 is 0 Å². The molecule has 0 aliphatic carbocycles. The van der Waals surface area contributed by atoms with Crippen molar-refractivity contribution in [3.05, 3.63) is 58.1 Å². The topological polar surface area (TPSA) is 63.6 Å². The van der Waals surface area contributed by atoms with Crippen LogP contribution in [0.1, 0.15) is 26.3 Å². The van der Waals surface area contributed by atoms with E-state index in [0.717, 1.165) is 11.1 Å². The minimum absolute atomic E-state index is 0.237. The number of carbonyl (C=O) groups is 2. The van der Waals surface area contributed by atoms with Crippen LogP contribution in [-0.2, 0) is 4.74 Å². The highest BCUT2D eigenvalue weighted by molar-refractivity contribution is 6.33. The van der Waals surface area contributed by atoms with E-state index in [4.69, 9.17) is 16.7 Å². The monoisotopic (exact) mass is 304 g/mol. The number of carboxylic acids is 1. The summed E-state index contributed by atoms with van der Waals surface area (Å²) in [5, 5.41) is 9.42. The zero-order chi connectivity index (χ0) is 15.6. The number of carboxylic acid groups (broad SMARTS) is 1. The zero-order valence-electron chi connectivity index (χ0n) is 11.5. The Morgan fingerprint density at radius 3 is 2.43 bits per heavy atom. The molecule has 0 saturated carbocycles. The van der Waals surface area contributed by atoms with Gasteiger partial charge >= 0.3 is 11.9 Å². The van der Waals surface area contributed by atoms with E-state index < -0.39 is 11.9 Å². The molecule has 5 heteroatoms. The van der Waals surface area contributed by atoms with Crippen LogP contribution >= 0.6 is 11.6 Å². The van der Waals surface area contributed by atoms with E-state index in [9.17, 15) is 9.59 Å². The summed E-state index contributed by atoms with van der Waals surface area (Å²) in [5.74, 6) is -1.49. The van der Waals surface area contributed by atoms with Crippen molar-refractivity contribution >= 4 is 23.5 Å². The fraction of sp³-hybridized carbons (Fsp3) is 0.125. The van der Waals surface area contributed by atoms with Crippen LogP contribution in [0.2, 0.25) is 5.02 Å². The van der Waals surface area contributed by atoms with Crippen LogP contribution in [0.4, 0.5) is 0 Å². The van der Waals surface area contributed by atoms with Crippen molar-refractivity contribution in [2.75, 3.05) is 7.11 Å². The van der Waals surface area contributed by atoms with Gasteiger partial charge < -0.3 is 9.84 Å². The quantitative estimate of drug-likeness (QED) is 0.876. The van der Waals surface area contributed by atoms with Gasteiger partial charge in [0.05, 0.1) is 23.3 Å². The van der Waals surface area contributed by atoms with Crippen molar-refractivity contribution in [3.63, 3.8) is 0 Å². The first-order valence-corrected chi connectivity index (χ1v) is 6.54. The molecule has 0 atom stereocenters. The minimum atomic E-state index is -0.980. The maximum Gasteiger partial charge on any atom is 0.339 e. The molecule has 2 rings (SSSR count). The summed E-state index contributed by atoms with van der Waals surface area (Å²) in [6.07, 6.45) is 0. The van der Waals surface area contributed by atoms with Crippen LogP contribution in [-0.4, -0.2) is 24.2 Å². The number of halogens is 1. The Labute approximate surface area is 126 Å². The maximum atomic E-state index is 11.5. The second kappa shape index (κ2) is 5.97. The Kier molecular flexibility index (Phi) is 4.29. The van der Waals surface area contributed by atoms with Crippen LogP contribution in [0.5, 0.6) is 0 Å². The fourth-order valence-corrected chi connectivity index (χ4v) is 2.40. The fourth-order valence-electron chi connectivity index (χ4n) is 2.14. The van der Waals surface area contributed by atoms with Gasteiger partial charge in [-0.1, -0.05) is 29.8 Å². The van der Waals surface area contributed by atoms with Crippen molar-refractivity contribution in [2.45, 2.75) is 6.92 Å². The number of methoxy groups -OCH3 is 1. The maximum absolute atomic E-state index is 11.5. The van der Waals surface area contributed by atoms with E-state index in [1.807, 2.05) is 6.07 Å². The van der Waals surface area contributed by atoms with Crippen LogP contribution in [0.3, 0.4) is 0 Å². The molecule has 0 aliphatic rings. The number of hydrogen-bond acceptors (Lipinski definition) is 3. The molecule has 0 spiro atoms. The standard InChI is InChI=1S/C16H13ClO4/c1-9-11(4-3-5-12(9)15(18)19)10-6-7-13(14(17)8-10)16(20)21-2/h3-8H,1-2H3,(H,18,19). The lowest BCUT2D eigenvalue weighted by Crippen LogP contribution is -2.03. The van der Waals surface area contributed by atoms with Gasteiger partial charge in [0.25, 0.3) is 0 Å². The molecule has 2 aromatic carbocycles. The molecule has 0 amide bonds. The third kappa shape index (κ3) is 2.90. The largest absolute Gasteiger partial charge is 0.478 e. The number of benzene rings is 2. The van der Waals surface area contributed by atoms with Crippen molar-refractivity contribution in [1.82, 2.24) is 0 Å². The average Bonchev–Trinajstić information content (AvgIpc) is 2.46. The molecular weight excluding hydrogens is 292 g/mol. The summed E-state index contributed by atoms with van der Waals surface area (Å²) in [5.41, 5.74) is 2.66. The van der Waals surface area contributed by atoms with Gasteiger partial charge in [0.2, 0.25) is 0 Å². The summed E-state index contributed by atoms with van der Waals surface area (Å²) in [6, 6.07) is 9.94. The molecule has 108 valence electrons. The molecule has 0 radical (unpaired) electrons. The second-order valence-corrected chi connectivity index (χ2v) is 4.88. The minimum Gasteiger partial charge on any atom is -0.478 e. The van der Waals surface area contributed by atoms with Gasteiger partial charge in [0.1, 0.15) is 0 Å². The van der Waals surface area contributed by atoms with E-state index >= 15 is 0 Å². The first-order chi connectivity index (χ1) is 9.95. The average molecular weight is 305 g/mol. The molecule has 21 heavy (non-hydrogen) atoms. The third-order valence-electron chi connectivity index (χ3n) is 3.25. The first kappa shape index (κ1) is 15.1. The molecule has 0 fully saturated rings. The van der Waals surface area contributed by atoms with Crippen molar-refractivity contribution in [1.29, 1.82) is 0 Å². The molecule has 0 bridgehead atoms. The van der Waals surface area contributed by atoms with Crippen LogP contribution in [0.25, 0.3) is 11.1 Å². The van der Waals surface area contributed by atoms with Gasteiger partial charge in [0, 0.05) is 0 Å². The van der Waals surface area contributed by atoms with Gasteiger partial charge in [-0.15, -0.1) is 0 Å². The SMILES string of the molecule is COC(=O)c1ccc(-c2cccc(C(=O)O)c2C)cc1Cl. The van der Waals surface area contributed by atoms with Gasteiger partial charge in [-0.2, -0.15) is 0 Å². The van der Waals surface area contributed by atoms with E-state index in [1.165, 1.54) is 7.11 Å². The van der Waals surface area contributed by atoms with Crippen molar-refractivity contribution in [3.8, 4) is 11.1 Å². The number of carbonyl (C=O) groups excluding carboxylic acids is 1. The number of aromatic carboxylic acids is 1. The number of ether oxygens (including phenoxy) is 1. The molecular formula is C16H13ClO4. The van der Waals surface area contributed by atoms with Gasteiger partial charge in [0.15, 0.2) is 0 Å². The summed E-state index contributed by atoms with van der Waals surface area (Å²) in [6.45, 7) is 1.74. The highest BCUT2D eigenvalue weighted by atomic mass is 35.5. The molecule has 0 heterocycles. The molecule has 2 aromatic rings. The second-order valence-electron chi connectivity index (χ2n) is 4.47. The van der Waals surface area contributed by atoms with Crippen LogP contribution in [0.15, 0.2) is 36.4 Å². The molecule has 1 N–H and O–H groups in total. The first-order valence-electron chi connectivity index (χ1n) is 6.17. The smallest absolute Gasteiger partial charge is 0.339 e. The Bertz CT molecular complexity index is 722. The Morgan fingerprint density at radius 1 is 1.14 bits per heavy atom. The molecule has 0 aromatic heterocycles. The van der Waals surface area contributed by atoms with E-state index in [0.29, 0.717) is 5.56 Å². The number of rotatable bonds is 3. The van der Waals surface area contributed by atoms with E-state index in [-0.39, 0.29) is 16.1 Å². The zero-order valence-corrected chi connectivity index (χ0v) is 12.3. The number of hydrogen-bond donors (Lipinski definition) is 1.